The Hall–Kier alpha value is -2.14. The number of ether oxygens (including phenoxy) is 1. The lowest BCUT2D eigenvalue weighted by atomic mass is 10.1. The van der Waals surface area contributed by atoms with Crippen molar-refractivity contribution in [3.63, 3.8) is 0 Å². The summed E-state index contributed by atoms with van der Waals surface area (Å²) in [6.45, 7) is 1.88. The predicted molar refractivity (Wildman–Crippen MR) is 75.4 cm³/mol. The standard InChI is InChI=1S/C15H18N2O3/c1-11(18)17-10-13(12-6-4-3-5-7-12)16-15(19)14(17)8-9-20-2/h3-7,10,14H,8-9H2,1-2H3,(H,16,19)/t14-/m0/s1. The molecule has 1 aromatic rings. The highest BCUT2D eigenvalue weighted by Gasteiger charge is 2.31. The normalized spacial score (nSPS) is 18.5. The van der Waals surface area contributed by atoms with Gasteiger partial charge in [0, 0.05) is 33.3 Å². The fraction of sp³-hybridized carbons (Fsp3) is 0.333. The monoisotopic (exact) mass is 274 g/mol. The van der Waals surface area contributed by atoms with Gasteiger partial charge in [0.15, 0.2) is 0 Å². The SMILES string of the molecule is COCC[C@H]1C(=O)NC(c2ccccc2)=CN1C(C)=O. The summed E-state index contributed by atoms with van der Waals surface area (Å²) < 4.78 is 4.99. The van der Waals surface area contributed by atoms with Gasteiger partial charge in [0.05, 0.1) is 5.70 Å². The lowest BCUT2D eigenvalue weighted by molar-refractivity contribution is -0.136. The van der Waals surface area contributed by atoms with Crippen LogP contribution in [0.15, 0.2) is 36.5 Å². The van der Waals surface area contributed by atoms with E-state index in [2.05, 4.69) is 5.32 Å². The van der Waals surface area contributed by atoms with Gasteiger partial charge in [-0.1, -0.05) is 30.3 Å². The van der Waals surface area contributed by atoms with E-state index in [0.717, 1.165) is 5.56 Å². The first kappa shape index (κ1) is 14.3. The maximum atomic E-state index is 12.2. The van der Waals surface area contributed by atoms with Crippen LogP contribution in [0.25, 0.3) is 5.70 Å². The number of benzene rings is 1. The summed E-state index contributed by atoms with van der Waals surface area (Å²) in [7, 11) is 1.57. The second-order valence-electron chi connectivity index (χ2n) is 4.62. The molecular formula is C15H18N2O3. The van der Waals surface area contributed by atoms with Crippen LogP contribution in [0.1, 0.15) is 18.9 Å². The van der Waals surface area contributed by atoms with Gasteiger partial charge in [-0.15, -0.1) is 0 Å². The average Bonchev–Trinajstić information content (AvgIpc) is 2.46. The quantitative estimate of drug-likeness (QED) is 0.902. The summed E-state index contributed by atoms with van der Waals surface area (Å²) in [6, 6.07) is 8.94. The Morgan fingerprint density at radius 2 is 2.05 bits per heavy atom. The molecule has 1 aromatic carbocycles. The number of carbonyl (C=O) groups excluding carboxylic acids is 2. The lowest BCUT2D eigenvalue weighted by Gasteiger charge is -2.32. The second kappa shape index (κ2) is 6.34. The van der Waals surface area contributed by atoms with Crippen LogP contribution < -0.4 is 5.32 Å². The van der Waals surface area contributed by atoms with Crippen LogP contribution in [-0.4, -0.2) is 36.5 Å². The molecule has 1 aliphatic heterocycles. The van der Waals surface area contributed by atoms with Gasteiger partial charge >= 0.3 is 0 Å². The smallest absolute Gasteiger partial charge is 0.247 e. The number of methoxy groups -OCH3 is 1. The first-order valence-corrected chi connectivity index (χ1v) is 6.49. The lowest BCUT2D eigenvalue weighted by Crippen LogP contribution is -2.50. The van der Waals surface area contributed by atoms with Gasteiger partial charge in [0.2, 0.25) is 11.8 Å². The summed E-state index contributed by atoms with van der Waals surface area (Å²) in [5, 5.41) is 2.85. The fourth-order valence-electron chi connectivity index (χ4n) is 2.18. The highest BCUT2D eigenvalue weighted by Crippen LogP contribution is 2.20. The van der Waals surface area contributed by atoms with Crippen molar-refractivity contribution in [3.05, 3.63) is 42.1 Å². The Bertz CT molecular complexity index is 525. The maximum Gasteiger partial charge on any atom is 0.247 e. The molecule has 0 saturated heterocycles. The molecule has 106 valence electrons. The van der Waals surface area contributed by atoms with E-state index in [9.17, 15) is 9.59 Å². The largest absolute Gasteiger partial charge is 0.385 e. The summed E-state index contributed by atoms with van der Waals surface area (Å²) in [4.78, 5) is 25.4. The van der Waals surface area contributed by atoms with Crippen LogP contribution >= 0.6 is 0 Å². The van der Waals surface area contributed by atoms with E-state index in [1.165, 1.54) is 11.8 Å². The number of nitrogens with zero attached hydrogens (tertiary/aromatic N) is 1. The van der Waals surface area contributed by atoms with Gasteiger partial charge in [-0.3, -0.25) is 9.59 Å². The van der Waals surface area contributed by atoms with Gasteiger partial charge in [0.1, 0.15) is 6.04 Å². The second-order valence-corrected chi connectivity index (χ2v) is 4.62. The fourth-order valence-corrected chi connectivity index (χ4v) is 2.18. The molecular weight excluding hydrogens is 256 g/mol. The molecule has 0 aliphatic carbocycles. The van der Waals surface area contributed by atoms with E-state index >= 15 is 0 Å². The number of amides is 2. The van der Waals surface area contributed by atoms with Crippen LogP contribution in [0.4, 0.5) is 0 Å². The van der Waals surface area contributed by atoms with Gasteiger partial charge in [-0.2, -0.15) is 0 Å². The molecule has 0 spiro atoms. The predicted octanol–water partition coefficient (Wildman–Crippen LogP) is 1.37. The zero-order chi connectivity index (χ0) is 14.5. The van der Waals surface area contributed by atoms with Crippen LogP contribution in [0.2, 0.25) is 0 Å². The minimum atomic E-state index is -0.514. The Morgan fingerprint density at radius 1 is 1.35 bits per heavy atom. The molecule has 2 amide bonds. The average molecular weight is 274 g/mol. The zero-order valence-electron chi connectivity index (χ0n) is 11.6. The van der Waals surface area contributed by atoms with Crippen LogP contribution in [0.3, 0.4) is 0 Å². The van der Waals surface area contributed by atoms with Crippen molar-refractivity contribution in [2.45, 2.75) is 19.4 Å². The molecule has 2 rings (SSSR count). The van der Waals surface area contributed by atoms with Crippen molar-refractivity contribution in [1.82, 2.24) is 10.2 Å². The third kappa shape index (κ3) is 3.05. The summed E-state index contributed by atoms with van der Waals surface area (Å²) in [5.41, 5.74) is 1.51. The van der Waals surface area contributed by atoms with Gasteiger partial charge in [-0.05, 0) is 5.56 Å². The Kier molecular flexibility index (Phi) is 4.53. The van der Waals surface area contributed by atoms with E-state index in [4.69, 9.17) is 4.74 Å². The van der Waals surface area contributed by atoms with Crippen LogP contribution in [0, 0.1) is 0 Å². The molecule has 1 aliphatic rings. The highest BCUT2D eigenvalue weighted by molar-refractivity contribution is 5.96. The first-order valence-electron chi connectivity index (χ1n) is 6.49. The molecule has 5 nitrogen and oxygen atoms in total. The summed E-state index contributed by atoms with van der Waals surface area (Å²) in [6.07, 6.45) is 2.17. The van der Waals surface area contributed by atoms with Crippen LogP contribution in [-0.2, 0) is 14.3 Å². The molecule has 0 bridgehead atoms. The topological polar surface area (TPSA) is 58.6 Å². The van der Waals surface area contributed by atoms with Crippen molar-refractivity contribution >= 4 is 17.5 Å². The number of carbonyl (C=O) groups is 2. The third-order valence-corrected chi connectivity index (χ3v) is 3.21. The van der Waals surface area contributed by atoms with Gasteiger partial charge < -0.3 is 15.0 Å². The highest BCUT2D eigenvalue weighted by atomic mass is 16.5. The molecule has 20 heavy (non-hydrogen) atoms. The molecule has 1 heterocycles. The Labute approximate surface area is 118 Å². The van der Waals surface area contributed by atoms with E-state index in [-0.39, 0.29) is 11.8 Å². The molecule has 0 fully saturated rings. The van der Waals surface area contributed by atoms with Crippen LogP contribution in [0.5, 0.6) is 0 Å². The molecule has 0 unspecified atom stereocenters. The number of hydrogen-bond donors (Lipinski definition) is 1. The number of rotatable bonds is 4. The zero-order valence-corrected chi connectivity index (χ0v) is 11.6. The molecule has 1 atom stereocenters. The summed E-state index contributed by atoms with van der Waals surface area (Å²) >= 11 is 0. The van der Waals surface area contributed by atoms with E-state index < -0.39 is 6.04 Å². The maximum absolute atomic E-state index is 12.2. The Balaban J connectivity index is 2.29. The van der Waals surface area contributed by atoms with Crippen molar-refractivity contribution in [2.75, 3.05) is 13.7 Å². The number of hydrogen-bond acceptors (Lipinski definition) is 3. The summed E-state index contributed by atoms with van der Waals surface area (Å²) in [5.74, 6) is -0.340. The molecule has 0 aromatic heterocycles. The molecule has 1 N–H and O–H groups in total. The Morgan fingerprint density at radius 3 is 2.65 bits per heavy atom. The first-order chi connectivity index (χ1) is 9.63. The van der Waals surface area contributed by atoms with Gasteiger partial charge in [0.25, 0.3) is 0 Å². The minimum absolute atomic E-state index is 0.158. The molecule has 0 saturated carbocycles. The minimum Gasteiger partial charge on any atom is -0.385 e. The molecule has 5 heteroatoms. The van der Waals surface area contributed by atoms with Gasteiger partial charge in [-0.25, -0.2) is 0 Å². The molecule has 0 radical (unpaired) electrons. The number of nitrogens with one attached hydrogen (secondary N) is 1. The third-order valence-electron chi connectivity index (χ3n) is 3.21. The van der Waals surface area contributed by atoms with E-state index in [0.29, 0.717) is 18.7 Å². The van der Waals surface area contributed by atoms with E-state index in [1.54, 1.807) is 13.3 Å². The van der Waals surface area contributed by atoms with Crippen molar-refractivity contribution in [1.29, 1.82) is 0 Å². The van der Waals surface area contributed by atoms with Crippen molar-refractivity contribution in [2.24, 2.45) is 0 Å². The van der Waals surface area contributed by atoms with E-state index in [1.807, 2.05) is 30.3 Å². The van der Waals surface area contributed by atoms with Crippen molar-refractivity contribution < 1.29 is 14.3 Å². The van der Waals surface area contributed by atoms with Crippen molar-refractivity contribution in [3.8, 4) is 0 Å².